The second kappa shape index (κ2) is 5.91. The summed E-state index contributed by atoms with van der Waals surface area (Å²) < 4.78 is 0. The van der Waals surface area contributed by atoms with Crippen LogP contribution in [0.15, 0.2) is 24.3 Å². The van der Waals surface area contributed by atoms with Crippen molar-refractivity contribution in [3.8, 4) is 0 Å². The Balaban J connectivity index is 2.12. The molecular formula is C16H19N3O2. The number of carbonyl (C=O) groups excluding carboxylic acids is 2. The molecule has 0 aliphatic rings. The molecule has 0 spiro atoms. The molecule has 0 saturated heterocycles. The summed E-state index contributed by atoms with van der Waals surface area (Å²) in [6.45, 7) is 7.15. The SMILES string of the molecule is CC(=O)c1ccc(NC(=O)C(C)c2c(C)n[nH]c2C)cc1. The molecule has 110 valence electrons. The standard InChI is InChI=1S/C16H19N3O2/c1-9(15-10(2)18-19-11(15)3)16(21)17-14-7-5-13(6-8-14)12(4)20/h5-9H,1-4H3,(H,17,21)(H,18,19). The highest BCUT2D eigenvalue weighted by Gasteiger charge is 2.21. The second-order valence-corrected chi connectivity index (χ2v) is 5.19. The summed E-state index contributed by atoms with van der Waals surface area (Å²) >= 11 is 0. The van der Waals surface area contributed by atoms with Crippen molar-refractivity contribution in [2.24, 2.45) is 0 Å². The predicted octanol–water partition coefficient (Wildman–Crippen LogP) is 2.97. The van der Waals surface area contributed by atoms with Gasteiger partial charge in [-0.15, -0.1) is 0 Å². The average Bonchev–Trinajstić information content (AvgIpc) is 2.78. The number of hydrogen-bond acceptors (Lipinski definition) is 3. The molecule has 2 rings (SSSR count). The zero-order valence-electron chi connectivity index (χ0n) is 12.7. The summed E-state index contributed by atoms with van der Waals surface area (Å²) in [6.07, 6.45) is 0. The Morgan fingerprint density at radius 2 is 1.81 bits per heavy atom. The highest BCUT2D eigenvalue weighted by Crippen LogP contribution is 2.23. The second-order valence-electron chi connectivity index (χ2n) is 5.19. The molecule has 0 aliphatic carbocycles. The smallest absolute Gasteiger partial charge is 0.231 e. The maximum Gasteiger partial charge on any atom is 0.231 e. The molecule has 21 heavy (non-hydrogen) atoms. The number of rotatable bonds is 4. The lowest BCUT2D eigenvalue weighted by atomic mass is 9.98. The monoisotopic (exact) mass is 285 g/mol. The fraction of sp³-hybridized carbons (Fsp3) is 0.312. The Morgan fingerprint density at radius 1 is 1.19 bits per heavy atom. The molecule has 1 amide bonds. The predicted molar refractivity (Wildman–Crippen MR) is 81.6 cm³/mol. The van der Waals surface area contributed by atoms with Crippen LogP contribution in [0.25, 0.3) is 0 Å². The van der Waals surface area contributed by atoms with Gasteiger partial charge in [0.1, 0.15) is 0 Å². The number of nitrogens with one attached hydrogen (secondary N) is 2. The van der Waals surface area contributed by atoms with Gasteiger partial charge >= 0.3 is 0 Å². The fourth-order valence-corrected chi connectivity index (χ4v) is 2.37. The number of Topliss-reactive ketones (excluding diaryl/α,β-unsaturated/α-hetero) is 1. The van der Waals surface area contributed by atoms with E-state index in [9.17, 15) is 9.59 Å². The van der Waals surface area contributed by atoms with E-state index < -0.39 is 0 Å². The van der Waals surface area contributed by atoms with Crippen LogP contribution in [0.5, 0.6) is 0 Å². The van der Waals surface area contributed by atoms with E-state index in [1.54, 1.807) is 24.3 Å². The molecule has 0 fully saturated rings. The number of hydrogen-bond donors (Lipinski definition) is 2. The van der Waals surface area contributed by atoms with E-state index in [2.05, 4.69) is 15.5 Å². The Hall–Kier alpha value is -2.43. The molecule has 5 nitrogen and oxygen atoms in total. The van der Waals surface area contributed by atoms with Crippen LogP contribution in [-0.4, -0.2) is 21.9 Å². The van der Waals surface area contributed by atoms with E-state index in [0.29, 0.717) is 11.3 Å². The van der Waals surface area contributed by atoms with E-state index in [0.717, 1.165) is 17.0 Å². The van der Waals surface area contributed by atoms with Crippen molar-refractivity contribution in [1.29, 1.82) is 0 Å². The van der Waals surface area contributed by atoms with Crippen LogP contribution in [0.1, 0.15) is 47.1 Å². The van der Waals surface area contributed by atoms with Crippen molar-refractivity contribution >= 4 is 17.4 Å². The molecule has 0 bridgehead atoms. The van der Waals surface area contributed by atoms with E-state index in [1.165, 1.54) is 6.92 Å². The van der Waals surface area contributed by atoms with Crippen molar-refractivity contribution in [1.82, 2.24) is 10.2 Å². The first-order chi connectivity index (χ1) is 9.90. The molecule has 1 atom stereocenters. The van der Waals surface area contributed by atoms with Crippen molar-refractivity contribution < 1.29 is 9.59 Å². The van der Waals surface area contributed by atoms with Gasteiger partial charge in [-0.25, -0.2) is 0 Å². The molecule has 1 heterocycles. The van der Waals surface area contributed by atoms with E-state index in [4.69, 9.17) is 0 Å². The van der Waals surface area contributed by atoms with Gasteiger partial charge in [0, 0.05) is 22.5 Å². The van der Waals surface area contributed by atoms with Gasteiger partial charge in [-0.1, -0.05) is 0 Å². The fourth-order valence-electron chi connectivity index (χ4n) is 2.37. The number of H-pyrrole nitrogens is 1. The maximum atomic E-state index is 12.3. The molecule has 2 N–H and O–H groups in total. The number of ketones is 1. The molecule has 0 radical (unpaired) electrons. The van der Waals surface area contributed by atoms with Crippen LogP contribution < -0.4 is 5.32 Å². The Morgan fingerprint density at radius 3 is 2.29 bits per heavy atom. The minimum absolute atomic E-state index is 0.00545. The molecule has 1 aromatic heterocycles. The number of aryl methyl sites for hydroxylation is 2. The maximum absolute atomic E-state index is 12.3. The third-order valence-corrected chi connectivity index (χ3v) is 3.57. The number of benzene rings is 1. The van der Waals surface area contributed by atoms with Crippen molar-refractivity contribution in [3.63, 3.8) is 0 Å². The van der Waals surface area contributed by atoms with Gasteiger partial charge in [0.05, 0.1) is 11.6 Å². The van der Waals surface area contributed by atoms with E-state index >= 15 is 0 Å². The third-order valence-electron chi connectivity index (χ3n) is 3.57. The summed E-state index contributed by atoms with van der Waals surface area (Å²) in [5.74, 6) is -0.389. The number of anilines is 1. The summed E-state index contributed by atoms with van der Waals surface area (Å²) in [7, 11) is 0. The topological polar surface area (TPSA) is 74.8 Å². The largest absolute Gasteiger partial charge is 0.326 e. The molecular weight excluding hydrogens is 266 g/mol. The lowest BCUT2D eigenvalue weighted by Crippen LogP contribution is -2.19. The minimum Gasteiger partial charge on any atom is -0.326 e. The number of aromatic amines is 1. The van der Waals surface area contributed by atoms with Crippen LogP contribution in [0.2, 0.25) is 0 Å². The van der Waals surface area contributed by atoms with Gasteiger partial charge in [-0.2, -0.15) is 5.10 Å². The highest BCUT2D eigenvalue weighted by atomic mass is 16.2. The first kappa shape index (κ1) is 15.0. The van der Waals surface area contributed by atoms with Gasteiger partial charge in [-0.05, 0) is 52.0 Å². The first-order valence-corrected chi connectivity index (χ1v) is 6.83. The van der Waals surface area contributed by atoms with Crippen molar-refractivity contribution in [2.75, 3.05) is 5.32 Å². The number of carbonyl (C=O) groups is 2. The zero-order chi connectivity index (χ0) is 15.6. The Bertz CT molecular complexity index is 652. The van der Waals surface area contributed by atoms with Crippen LogP contribution in [0.4, 0.5) is 5.69 Å². The summed E-state index contributed by atoms with van der Waals surface area (Å²) in [6, 6.07) is 6.88. The van der Waals surface area contributed by atoms with E-state index in [1.807, 2.05) is 20.8 Å². The van der Waals surface area contributed by atoms with Gasteiger partial charge in [0.15, 0.2) is 5.78 Å². The molecule has 0 saturated carbocycles. The van der Waals surface area contributed by atoms with Crippen LogP contribution in [0, 0.1) is 13.8 Å². The molecule has 2 aromatic rings. The summed E-state index contributed by atoms with van der Waals surface area (Å²) in [4.78, 5) is 23.5. The quantitative estimate of drug-likeness (QED) is 0.848. The third kappa shape index (κ3) is 3.18. The van der Waals surface area contributed by atoms with Crippen LogP contribution >= 0.6 is 0 Å². The molecule has 1 aromatic carbocycles. The van der Waals surface area contributed by atoms with Gasteiger partial charge < -0.3 is 5.32 Å². The number of amides is 1. The average molecular weight is 285 g/mol. The molecule has 5 heteroatoms. The summed E-state index contributed by atoms with van der Waals surface area (Å²) in [5.41, 5.74) is 3.97. The van der Waals surface area contributed by atoms with Gasteiger partial charge in [0.25, 0.3) is 0 Å². The highest BCUT2D eigenvalue weighted by molar-refractivity contribution is 5.97. The van der Waals surface area contributed by atoms with Crippen LogP contribution in [-0.2, 0) is 4.79 Å². The lowest BCUT2D eigenvalue weighted by molar-refractivity contribution is -0.117. The normalized spacial score (nSPS) is 12.0. The van der Waals surface area contributed by atoms with E-state index in [-0.39, 0.29) is 17.6 Å². The lowest BCUT2D eigenvalue weighted by Gasteiger charge is -2.13. The van der Waals surface area contributed by atoms with Gasteiger partial charge in [-0.3, -0.25) is 14.7 Å². The Labute approximate surface area is 123 Å². The minimum atomic E-state index is -0.295. The summed E-state index contributed by atoms with van der Waals surface area (Å²) in [5, 5.41) is 9.86. The van der Waals surface area contributed by atoms with Gasteiger partial charge in [0.2, 0.25) is 5.91 Å². The van der Waals surface area contributed by atoms with Crippen molar-refractivity contribution in [2.45, 2.75) is 33.6 Å². The zero-order valence-corrected chi connectivity index (χ0v) is 12.7. The molecule has 1 unspecified atom stereocenters. The first-order valence-electron chi connectivity index (χ1n) is 6.83. The van der Waals surface area contributed by atoms with Crippen LogP contribution in [0.3, 0.4) is 0 Å². The number of aromatic nitrogens is 2. The Kier molecular flexibility index (Phi) is 4.21. The van der Waals surface area contributed by atoms with Crippen molar-refractivity contribution in [3.05, 3.63) is 46.8 Å². The number of nitrogens with zero attached hydrogens (tertiary/aromatic N) is 1. The molecule has 0 aliphatic heterocycles.